The Balaban J connectivity index is 1.40. The highest BCUT2D eigenvalue weighted by atomic mass is 32.2. The minimum Gasteiger partial charge on any atom is -0.438 e. The molecule has 1 amide bonds. The standard InChI is InChI=1S/C29H23N5O2S/c1-2-34-27(22-16-10-5-11-17-22)32-33-29(34)37-19-24(35)31-28-23(18-30)25(20-12-6-3-7-13-20)26(36-28)21-14-8-4-9-15-21/h3-17H,2,19H2,1H3,(H,31,35). The van der Waals surface area contributed by atoms with E-state index in [0.29, 0.717) is 23.0 Å². The lowest BCUT2D eigenvalue weighted by molar-refractivity contribution is -0.113. The zero-order valence-corrected chi connectivity index (χ0v) is 20.9. The van der Waals surface area contributed by atoms with E-state index >= 15 is 0 Å². The van der Waals surface area contributed by atoms with Crippen molar-refractivity contribution < 1.29 is 9.21 Å². The molecule has 0 spiro atoms. The maximum atomic E-state index is 13.0. The number of carbonyl (C=O) groups is 1. The molecule has 1 N–H and O–H groups in total. The van der Waals surface area contributed by atoms with Crippen LogP contribution in [0, 0.1) is 11.3 Å². The summed E-state index contributed by atoms with van der Waals surface area (Å²) in [6.45, 7) is 2.68. The Kier molecular flexibility index (Phi) is 7.15. The summed E-state index contributed by atoms with van der Waals surface area (Å²) in [7, 11) is 0. The van der Waals surface area contributed by atoms with E-state index in [1.165, 1.54) is 11.8 Å². The van der Waals surface area contributed by atoms with Gasteiger partial charge in [-0.25, -0.2) is 0 Å². The Morgan fingerprint density at radius 2 is 1.51 bits per heavy atom. The molecular formula is C29H23N5O2S. The van der Waals surface area contributed by atoms with Gasteiger partial charge in [-0.2, -0.15) is 5.26 Å². The molecule has 0 aliphatic rings. The van der Waals surface area contributed by atoms with Gasteiger partial charge in [0.25, 0.3) is 0 Å². The maximum absolute atomic E-state index is 13.0. The summed E-state index contributed by atoms with van der Waals surface area (Å²) in [5.74, 6) is 1.20. The summed E-state index contributed by atoms with van der Waals surface area (Å²) >= 11 is 1.28. The third-order valence-corrected chi connectivity index (χ3v) is 6.74. The highest BCUT2D eigenvalue weighted by Crippen LogP contribution is 2.41. The fourth-order valence-corrected chi connectivity index (χ4v) is 4.88. The van der Waals surface area contributed by atoms with E-state index in [1.54, 1.807) is 0 Å². The van der Waals surface area contributed by atoms with Crippen molar-refractivity contribution in [2.24, 2.45) is 0 Å². The van der Waals surface area contributed by atoms with Crippen molar-refractivity contribution in [2.75, 3.05) is 11.1 Å². The van der Waals surface area contributed by atoms with Crippen LogP contribution in [0.3, 0.4) is 0 Å². The van der Waals surface area contributed by atoms with Crippen LogP contribution >= 0.6 is 11.8 Å². The van der Waals surface area contributed by atoms with Crippen LogP contribution in [-0.2, 0) is 11.3 Å². The number of furan rings is 1. The van der Waals surface area contributed by atoms with E-state index in [0.717, 1.165) is 22.5 Å². The van der Waals surface area contributed by atoms with Gasteiger partial charge in [0, 0.05) is 23.2 Å². The molecule has 2 heterocycles. The molecule has 0 fully saturated rings. The molecule has 8 heteroatoms. The monoisotopic (exact) mass is 505 g/mol. The van der Waals surface area contributed by atoms with Crippen molar-refractivity contribution in [3.8, 4) is 39.9 Å². The summed E-state index contributed by atoms with van der Waals surface area (Å²) in [4.78, 5) is 13.0. The van der Waals surface area contributed by atoms with Gasteiger partial charge in [0.15, 0.2) is 11.0 Å². The van der Waals surface area contributed by atoms with Crippen molar-refractivity contribution >= 4 is 23.6 Å². The first-order chi connectivity index (χ1) is 18.2. The highest BCUT2D eigenvalue weighted by molar-refractivity contribution is 7.99. The number of hydrogen-bond donors (Lipinski definition) is 1. The Morgan fingerprint density at radius 3 is 2.11 bits per heavy atom. The lowest BCUT2D eigenvalue weighted by atomic mass is 9.98. The number of hydrogen-bond acceptors (Lipinski definition) is 6. The number of rotatable bonds is 8. The zero-order chi connectivity index (χ0) is 25.6. The second-order valence-electron chi connectivity index (χ2n) is 8.11. The molecule has 0 saturated carbocycles. The minimum absolute atomic E-state index is 0.0832. The number of nitriles is 1. The van der Waals surface area contributed by atoms with Crippen LogP contribution < -0.4 is 5.32 Å². The molecule has 0 atom stereocenters. The smallest absolute Gasteiger partial charge is 0.237 e. The van der Waals surface area contributed by atoms with Crippen LogP contribution in [0.4, 0.5) is 5.88 Å². The predicted molar refractivity (Wildman–Crippen MR) is 145 cm³/mol. The van der Waals surface area contributed by atoms with Crippen molar-refractivity contribution in [1.29, 1.82) is 5.26 Å². The molecule has 182 valence electrons. The fourth-order valence-electron chi connectivity index (χ4n) is 4.07. The largest absolute Gasteiger partial charge is 0.438 e. The van der Waals surface area contributed by atoms with Gasteiger partial charge < -0.3 is 8.98 Å². The lowest BCUT2D eigenvalue weighted by Gasteiger charge is -2.07. The molecule has 0 aliphatic heterocycles. The average molecular weight is 506 g/mol. The number of nitrogens with one attached hydrogen (secondary N) is 1. The van der Waals surface area contributed by atoms with Gasteiger partial charge in [0.1, 0.15) is 17.4 Å². The molecule has 0 saturated heterocycles. The van der Waals surface area contributed by atoms with Crippen LogP contribution in [0.1, 0.15) is 12.5 Å². The van der Waals surface area contributed by atoms with E-state index in [-0.39, 0.29) is 23.1 Å². The Labute approximate surface area is 218 Å². The number of amides is 1. The highest BCUT2D eigenvalue weighted by Gasteiger charge is 2.24. The predicted octanol–water partition coefficient (Wildman–Crippen LogP) is 6.49. The number of anilines is 1. The van der Waals surface area contributed by atoms with Gasteiger partial charge in [0.05, 0.1) is 5.75 Å². The van der Waals surface area contributed by atoms with Crippen LogP contribution in [0.2, 0.25) is 0 Å². The van der Waals surface area contributed by atoms with E-state index in [1.807, 2.05) is 102 Å². The summed E-state index contributed by atoms with van der Waals surface area (Å²) in [6, 6.07) is 31.1. The first-order valence-electron chi connectivity index (χ1n) is 11.8. The van der Waals surface area contributed by atoms with Crippen LogP contribution in [0.5, 0.6) is 0 Å². The number of benzene rings is 3. The summed E-state index contributed by atoms with van der Waals surface area (Å²) in [5, 5.41) is 22.1. The van der Waals surface area contributed by atoms with Crippen LogP contribution in [0.15, 0.2) is 101 Å². The molecule has 5 aromatic rings. The Morgan fingerprint density at radius 1 is 0.919 bits per heavy atom. The van der Waals surface area contributed by atoms with Crippen molar-refractivity contribution in [2.45, 2.75) is 18.6 Å². The molecule has 3 aromatic carbocycles. The number of aromatic nitrogens is 3. The SMILES string of the molecule is CCn1c(SCC(=O)Nc2oc(-c3ccccc3)c(-c3ccccc3)c2C#N)nnc1-c1ccccc1. The van der Waals surface area contributed by atoms with E-state index < -0.39 is 0 Å². The average Bonchev–Trinajstić information content (AvgIpc) is 3.54. The minimum atomic E-state index is -0.304. The second-order valence-corrected chi connectivity index (χ2v) is 9.05. The molecule has 37 heavy (non-hydrogen) atoms. The lowest BCUT2D eigenvalue weighted by Crippen LogP contribution is -2.15. The molecule has 7 nitrogen and oxygen atoms in total. The van der Waals surface area contributed by atoms with E-state index in [2.05, 4.69) is 21.6 Å². The number of nitrogens with zero attached hydrogens (tertiary/aromatic N) is 4. The third kappa shape index (κ3) is 5.03. The summed E-state index contributed by atoms with van der Waals surface area (Å²) < 4.78 is 8.08. The Hall–Kier alpha value is -4.61. The van der Waals surface area contributed by atoms with Gasteiger partial charge in [-0.3, -0.25) is 10.1 Å². The second kappa shape index (κ2) is 11.0. The van der Waals surface area contributed by atoms with Crippen molar-refractivity contribution in [3.63, 3.8) is 0 Å². The van der Waals surface area contributed by atoms with E-state index in [9.17, 15) is 10.1 Å². The molecule has 5 rings (SSSR count). The fraction of sp³-hybridized carbons (Fsp3) is 0.103. The van der Waals surface area contributed by atoms with Gasteiger partial charge in [-0.05, 0) is 12.5 Å². The third-order valence-electron chi connectivity index (χ3n) is 5.77. The maximum Gasteiger partial charge on any atom is 0.237 e. The van der Waals surface area contributed by atoms with Gasteiger partial charge >= 0.3 is 0 Å². The molecule has 0 bridgehead atoms. The molecule has 0 radical (unpaired) electrons. The first kappa shape index (κ1) is 24.1. The normalized spacial score (nSPS) is 10.7. The quantitative estimate of drug-likeness (QED) is 0.242. The number of thioether (sulfide) groups is 1. The first-order valence-corrected chi connectivity index (χ1v) is 12.8. The molecular weight excluding hydrogens is 482 g/mol. The van der Waals surface area contributed by atoms with Crippen LogP contribution in [-0.4, -0.2) is 26.4 Å². The zero-order valence-electron chi connectivity index (χ0n) is 20.1. The summed E-state index contributed by atoms with van der Waals surface area (Å²) in [6.07, 6.45) is 0. The molecule has 2 aromatic heterocycles. The van der Waals surface area contributed by atoms with Gasteiger partial charge in [-0.1, -0.05) is 103 Å². The van der Waals surface area contributed by atoms with E-state index in [4.69, 9.17) is 4.42 Å². The van der Waals surface area contributed by atoms with Gasteiger partial charge in [-0.15, -0.1) is 10.2 Å². The van der Waals surface area contributed by atoms with Crippen LogP contribution in [0.25, 0.3) is 33.8 Å². The van der Waals surface area contributed by atoms with Crippen molar-refractivity contribution in [3.05, 3.63) is 96.6 Å². The topological polar surface area (TPSA) is 96.7 Å². The Bertz CT molecular complexity index is 1550. The molecule has 0 aliphatic carbocycles. The number of carbonyl (C=O) groups excluding carboxylic acids is 1. The summed E-state index contributed by atoms with van der Waals surface area (Å²) in [5.41, 5.74) is 3.55. The van der Waals surface area contributed by atoms with Crippen molar-refractivity contribution in [1.82, 2.24) is 14.8 Å². The molecule has 0 unspecified atom stereocenters. The van der Waals surface area contributed by atoms with Gasteiger partial charge in [0.2, 0.25) is 11.8 Å².